The molecule has 0 aliphatic heterocycles. The van der Waals surface area contributed by atoms with Crippen molar-refractivity contribution in [3.05, 3.63) is 35.9 Å². The Bertz CT molecular complexity index is 513. The lowest BCUT2D eigenvalue weighted by Gasteiger charge is -2.23. The first-order valence-corrected chi connectivity index (χ1v) is 9.96. The molecule has 0 saturated carbocycles. The van der Waals surface area contributed by atoms with E-state index in [1.165, 1.54) is 5.56 Å². The molecule has 0 bridgehead atoms. The highest BCUT2D eigenvalue weighted by atomic mass is 127. The molecule has 1 aromatic carbocycles. The summed E-state index contributed by atoms with van der Waals surface area (Å²) in [5.41, 5.74) is 1.35. The molecule has 0 aliphatic carbocycles. The number of ether oxygens (including phenoxy) is 1. The maximum atomic E-state index is 5.11. The van der Waals surface area contributed by atoms with Gasteiger partial charge >= 0.3 is 0 Å². The van der Waals surface area contributed by atoms with Crippen LogP contribution in [0.4, 0.5) is 0 Å². The summed E-state index contributed by atoms with van der Waals surface area (Å²) < 4.78 is 5.11. The zero-order valence-electron chi connectivity index (χ0n) is 18.3. The molecule has 0 saturated heterocycles. The maximum Gasteiger partial charge on any atom is 0.191 e. The molecule has 1 aromatic rings. The molecular formula is C21H40IN5O. The van der Waals surface area contributed by atoms with Gasteiger partial charge in [0.25, 0.3) is 0 Å². The number of rotatable bonds is 13. The summed E-state index contributed by atoms with van der Waals surface area (Å²) in [5, 5.41) is 6.80. The highest BCUT2D eigenvalue weighted by Crippen LogP contribution is 2.07. The number of hydrogen-bond donors (Lipinski definition) is 2. The molecule has 7 heteroatoms. The van der Waals surface area contributed by atoms with Crippen LogP contribution in [0.25, 0.3) is 0 Å². The van der Waals surface area contributed by atoms with Gasteiger partial charge in [0, 0.05) is 45.9 Å². The van der Waals surface area contributed by atoms with Crippen LogP contribution in [0.1, 0.15) is 18.9 Å². The third-order valence-corrected chi connectivity index (χ3v) is 4.52. The highest BCUT2D eigenvalue weighted by molar-refractivity contribution is 14.0. The third kappa shape index (κ3) is 12.5. The van der Waals surface area contributed by atoms with E-state index in [4.69, 9.17) is 9.73 Å². The van der Waals surface area contributed by atoms with Crippen molar-refractivity contribution >= 4 is 29.9 Å². The van der Waals surface area contributed by atoms with Crippen LogP contribution in [0, 0.1) is 0 Å². The van der Waals surface area contributed by atoms with E-state index in [1.54, 1.807) is 7.11 Å². The van der Waals surface area contributed by atoms with Crippen molar-refractivity contribution in [3.63, 3.8) is 0 Å². The first-order chi connectivity index (χ1) is 13.1. The fourth-order valence-electron chi connectivity index (χ4n) is 2.79. The van der Waals surface area contributed by atoms with Gasteiger partial charge in [-0.2, -0.15) is 0 Å². The maximum absolute atomic E-state index is 5.11. The van der Waals surface area contributed by atoms with Gasteiger partial charge in [0.1, 0.15) is 0 Å². The SMILES string of the molecule is CCNC(=NCC(Cc1ccccc1)N(C)C)NCCN(C)CCCOC.I. The van der Waals surface area contributed by atoms with Gasteiger partial charge in [-0.05, 0) is 46.5 Å². The molecule has 1 rings (SSSR count). The van der Waals surface area contributed by atoms with Crippen molar-refractivity contribution in [1.29, 1.82) is 0 Å². The summed E-state index contributed by atoms with van der Waals surface area (Å²) in [5.74, 6) is 0.891. The first-order valence-electron chi connectivity index (χ1n) is 9.96. The summed E-state index contributed by atoms with van der Waals surface area (Å²) in [4.78, 5) is 9.38. The number of guanidine groups is 1. The number of nitrogens with one attached hydrogen (secondary N) is 2. The number of benzene rings is 1. The fourth-order valence-corrected chi connectivity index (χ4v) is 2.79. The number of aliphatic imine (C=N–C) groups is 1. The van der Waals surface area contributed by atoms with Crippen LogP contribution in [-0.4, -0.2) is 89.4 Å². The predicted octanol–water partition coefficient (Wildman–Crippen LogP) is 2.30. The van der Waals surface area contributed by atoms with Crippen LogP contribution >= 0.6 is 24.0 Å². The molecule has 0 amide bonds. The number of nitrogens with zero attached hydrogens (tertiary/aromatic N) is 3. The largest absolute Gasteiger partial charge is 0.385 e. The lowest BCUT2D eigenvalue weighted by Crippen LogP contribution is -2.42. The summed E-state index contributed by atoms with van der Waals surface area (Å²) in [6, 6.07) is 11.0. The standard InChI is InChI=1S/C21H39N5O.HI/c1-6-22-21(23-13-15-26(4)14-10-16-27-5)24-18-20(25(2)3)17-19-11-8-7-9-12-19;/h7-9,11-12,20H,6,10,13-18H2,1-5H3,(H2,22,23,24);1H. The van der Waals surface area contributed by atoms with E-state index in [0.29, 0.717) is 6.04 Å². The van der Waals surface area contributed by atoms with Gasteiger partial charge in [-0.1, -0.05) is 30.3 Å². The second-order valence-electron chi connectivity index (χ2n) is 7.10. The Kier molecular flexibility index (Phi) is 16.5. The average Bonchev–Trinajstić information content (AvgIpc) is 2.65. The van der Waals surface area contributed by atoms with Crippen molar-refractivity contribution in [3.8, 4) is 0 Å². The third-order valence-electron chi connectivity index (χ3n) is 4.52. The second kappa shape index (κ2) is 17.0. The molecule has 0 radical (unpaired) electrons. The topological polar surface area (TPSA) is 52.1 Å². The van der Waals surface area contributed by atoms with Gasteiger partial charge in [-0.25, -0.2) is 0 Å². The molecule has 6 nitrogen and oxygen atoms in total. The van der Waals surface area contributed by atoms with Gasteiger partial charge in [-0.3, -0.25) is 4.99 Å². The van der Waals surface area contributed by atoms with Gasteiger partial charge < -0.3 is 25.2 Å². The monoisotopic (exact) mass is 505 g/mol. The second-order valence-corrected chi connectivity index (χ2v) is 7.10. The van der Waals surface area contributed by atoms with Crippen molar-refractivity contribution in [2.24, 2.45) is 4.99 Å². The van der Waals surface area contributed by atoms with Crippen molar-refractivity contribution in [1.82, 2.24) is 20.4 Å². The Labute approximate surface area is 189 Å². The van der Waals surface area contributed by atoms with E-state index in [9.17, 15) is 0 Å². The van der Waals surface area contributed by atoms with Crippen molar-refractivity contribution < 1.29 is 4.74 Å². The number of likely N-dealkylation sites (N-methyl/N-ethyl adjacent to an activating group) is 2. The molecule has 0 heterocycles. The number of hydrogen-bond acceptors (Lipinski definition) is 4. The molecule has 1 atom stereocenters. The first kappa shape index (κ1) is 27.1. The summed E-state index contributed by atoms with van der Waals surface area (Å²) in [6.07, 6.45) is 2.06. The van der Waals surface area contributed by atoms with E-state index < -0.39 is 0 Å². The Morgan fingerprint density at radius 2 is 1.82 bits per heavy atom. The minimum Gasteiger partial charge on any atom is -0.385 e. The van der Waals surface area contributed by atoms with Gasteiger partial charge in [0.15, 0.2) is 5.96 Å². The smallest absolute Gasteiger partial charge is 0.191 e. The molecule has 1 unspecified atom stereocenters. The van der Waals surface area contributed by atoms with Crippen molar-refractivity contribution in [2.75, 3.05) is 67.6 Å². The molecule has 0 aliphatic rings. The lowest BCUT2D eigenvalue weighted by atomic mass is 10.1. The van der Waals surface area contributed by atoms with Crippen LogP contribution in [0.15, 0.2) is 35.3 Å². The molecule has 0 fully saturated rings. The Hall–Kier alpha value is -0.900. The summed E-state index contributed by atoms with van der Waals surface area (Å²) >= 11 is 0. The van der Waals surface area contributed by atoms with E-state index in [1.807, 2.05) is 0 Å². The molecule has 162 valence electrons. The predicted molar refractivity (Wildman–Crippen MR) is 131 cm³/mol. The van der Waals surface area contributed by atoms with Gasteiger partial charge in [0.2, 0.25) is 0 Å². The quantitative estimate of drug-likeness (QED) is 0.187. The molecule has 0 aromatic heterocycles. The van der Waals surface area contributed by atoms with E-state index in [-0.39, 0.29) is 24.0 Å². The Morgan fingerprint density at radius 3 is 2.43 bits per heavy atom. The van der Waals surface area contributed by atoms with Crippen LogP contribution in [0.3, 0.4) is 0 Å². The molecule has 28 heavy (non-hydrogen) atoms. The van der Waals surface area contributed by atoms with Crippen LogP contribution in [0.2, 0.25) is 0 Å². The molecule has 2 N–H and O–H groups in total. The minimum atomic E-state index is 0. The summed E-state index contributed by atoms with van der Waals surface area (Å²) in [7, 11) is 8.14. The Balaban J connectivity index is 0.00000729. The molecule has 0 spiro atoms. The van der Waals surface area contributed by atoms with Gasteiger partial charge in [-0.15, -0.1) is 24.0 Å². The highest BCUT2D eigenvalue weighted by Gasteiger charge is 2.12. The normalized spacial score (nSPS) is 12.8. The zero-order valence-corrected chi connectivity index (χ0v) is 20.6. The van der Waals surface area contributed by atoms with E-state index >= 15 is 0 Å². The molecular weight excluding hydrogens is 465 g/mol. The van der Waals surface area contributed by atoms with Gasteiger partial charge in [0.05, 0.1) is 6.54 Å². The van der Waals surface area contributed by atoms with E-state index in [0.717, 1.165) is 58.1 Å². The Morgan fingerprint density at radius 1 is 1.11 bits per heavy atom. The number of halogens is 1. The lowest BCUT2D eigenvalue weighted by molar-refractivity contribution is 0.180. The average molecular weight is 505 g/mol. The van der Waals surface area contributed by atoms with Crippen LogP contribution in [-0.2, 0) is 11.2 Å². The zero-order chi connectivity index (χ0) is 19.9. The van der Waals surface area contributed by atoms with E-state index in [2.05, 4.69) is 78.8 Å². The van der Waals surface area contributed by atoms with Crippen molar-refractivity contribution in [2.45, 2.75) is 25.8 Å². The number of methoxy groups -OCH3 is 1. The fraction of sp³-hybridized carbons (Fsp3) is 0.667. The van der Waals surface area contributed by atoms with Crippen LogP contribution in [0.5, 0.6) is 0 Å². The summed E-state index contributed by atoms with van der Waals surface area (Å²) in [6.45, 7) is 7.44. The van der Waals surface area contributed by atoms with Crippen LogP contribution < -0.4 is 10.6 Å². The minimum absolute atomic E-state index is 0.